The summed E-state index contributed by atoms with van der Waals surface area (Å²) >= 11 is 0. The molecule has 0 fully saturated rings. The van der Waals surface area contributed by atoms with Crippen LogP contribution in [0.1, 0.15) is 48.1 Å². The van der Waals surface area contributed by atoms with Gasteiger partial charge < -0.3 is 28.0 Å². The Kier molecular flexibility index (Phi) is 8.06. The number of aromatic nitrogens is 2. The van der Waals surface area contributed by atoms with Crippen LogP contribution in [-0.2, 0) is 0 Å². The third-order valence-corrected chi connectivity index (χ3v) is 4.76. The van der Waals surface area contributed by atoms with Gasteiger partial charge in [0.05, 0.1) is 6.04 Å². The lowest BCUT2D eigenvalue weighted by molar-refractivity contribution is -0.547. The lowest BCUT2D eigenvalue weighted by atomic mass is 10.1. The monoisotopic (exact) mass is 391 g/mol. The van der Waals surface area contributed by atoms with E-state index in [0.717, 1.165) is 25.7 Å². The smallest absolute Gasteiger partial charge is 0.409 e. The number of carbonyl (C=O) groups is 2. The molecule has 0 saturated heterocycles. The molecule has 2 aromatic heterocycles. The molecule has 0 aromatic carbocycles. The highest BCUT2D eigenvalue weighted by molar-refractivity contribution is 5.94. The fourth-order valence-electron chi connectivity index (χ4n) is 3.16. The number of nitrogens with zero attached hydrogens (tertiary/aromatic N) is 2. The fraction of sp³-hybridized carbons (Fsp3) is 0.526. The lowest BCUT2D eigenvalue weighted by Gasteiger charge is -2.11. The highest BCUT2D eigenvalue weighted by Gasteiger charge is 2.29. The number of rotatable bonds is 10. The summed E-state index contributed by atoms with van der Waals surface area (Å²) in [5.41, 5.74) is 23.9. The van der Waals surface area contributed by atoms with Crippen molar-refractivity contribution in [2.45, 2.75) is 50.6 Å². The van der Waals surface area contributed by atoms with Crippen molar-refractivity contribution in [3.8, 4) is 5.75 Å². The van der Waals surface area contributed by atoms with Crippen LogP contribution >= 0.6 is 0 Å². The van der Waals surface area contributed by atoms with E-state index >= 15 is 0 Å². The average molecular weight is 391 g/mol. The largest absolute Gasteiger partial charge is 0.503 e. The second-order valence-electron chi connectivity index (χ2n) is 6.98. The van der Waals surface area contributed by atoms with Gasteiger partial charge in [0.1, 0.15) is 11.6 Å². The van der Waals surface area contributed by atoms with Crippen molar-refractivity contribution >= 4 is 22.8 Å². The van der Waals surface area contributed by atoms with Crippen molar-refractivity contribution < 1.29 is 19.3 Å². The summed E-state index contributed by atoms with van der Waals surface area (Å²) in [6.45, 7) is 1.09. The van der Waals surface area contributed by atoms with Crippen molar-refractivity contribution in [2.75, 3.05) is 13.1 Å². The molecule has 28 heavy (non-hydrogen) atoms. The molecule has 9 N–H and O–H groups in total. The molecule has 2 aromatic rings. The Morgan fingerprint density at radius 3 is 2.25 bits per heavy atom. The average Bonchev–Trinajstić information content (AvgIpc) is 3.09. The minimum Gasteiger partial charge on any atom is -0.503 e. The van der Waals surface area contributed by atoms with Gasteiger partial charge in [0.15, 0.2) is 5.75 Å². The van der Waals surface area contributed by atoms with Crippen LogP contribution in [0.25, 0.3) is 11.0 Å². The Balaban J connectivity index is 2.29. The summed E-state index contributed by atoms with van der Waals surface area (Å²) in [5.74, 6) is -0.793. The molecule has 0 aliphatic heterocycles. The van der Waals surface area contributed by atoms with Crippen molar-refractivity contribution in [3.05, 3.63) is 24.5 Å². The van der Waals surface area contributed by atoms with Gasteiger partial charge in [0.2, 0.25) is 17.6 Å². The number of aromatic hydroxyl groups is 1. The molecule has 2 atom stereocenters. The maximum atomic E-state index is 12.8. The first kappa shape index (κ1) is 22.0. The molecular formula is C19H31N6O3+. The van der Waals surface area contributed by atoms with Crippen LogP contribution in [0.4, 0.5) is 0 Å². The van der Waals surface area contributed by atoms with Gasteiger partial charge in [-0.3, -0.25) is 9.36 Å². The zero-order valence-corrected chi connectivity index (χ0v) is 16.1. The molecule has 0 aliphatic rings. The van der Waals surface area contributed by atoms with E-state index in [1.807, 2.05) is 0 Å². The van der Waals surface area contributed by atoms with E-state index in [4.69, 9.17) is 22.9 Å². The minimum atomic E-state index is -0.723. The minimum absolute atomic E-state index is 0.139. The number of carbonyl (C=O) groups excluding carboxylic acids is 2. The highest BCUT2D eigenvalue weighted by atomic mass is 16.3. The Bertz CT molecular complexity index is 819. The topological polar surface area (TPSA) is 167 Å². The number of hydrogen-bond donors (Lipinski definition) is 5. The first-order chi connectivity index (χ1) is 13.4. The summed E-state index contributed by atoms with van der Waals surface area (Å²) in [6.07, 6.45) is 6.94. The van der Waals surface area contributed by atoms with Crippen LogP contribution in [0.3, 0.4) is 0 Å². The van der Waals surface area contributed by atoms with Gasteiger partial charge in [0.25, 0.3) is 0 Å². The summed E-state index contributed by atoms with van der Waals surface area (Å²) in [4.78, 5) is 25.5. The molecule has 2 unspecified atom stereocenters. The molecule has 0 spiro atoms. The van der Waals surface area contributed by atoms with E-state index in [9.17, 15) is 14.7 Å². The quantitative estimate of drug-likeness (QED) is 0.277. The van der Waals surface area contributed by atoms with Crippen LogP contribution in [0, 0.1) is 0 Å². The SMILES string of the molecule is NCCCCC(N)C(=O)n1ccc2c1cc(O)c[n+]2C(=O)C(N)CCCCN. The van der Waals surface area contributed by atoms with E-state index in [0.29, 0.717) is 37.0 Å². The summed E-state index contributed by atoms with van der Waals surface area (Å²) in [5, 5.41) is 10.1. The third-order valence-electron chi connectivity index (χ3n) is 4.76. The zero-order chi connectivity index (χ0) is 20.7. The van der Waals surface area contributed by atoms with Crippen LogP contribution in [-0.4, -0.2) is 46.7 Å². The van der Waals surface area contributed by atoms with Crippen LogP contribution in [0.15, 0.2) is 24.5 Å². The molecule has 0 saturated carbocycles. The normalized spacial score (nSPS) is 13.6. The summed E-state index contributed by atoms with van der Waals surface area (Å²) in [7, 11) is 0. The maximum absolute atomic E-state index is 12.8. The molecule has 2 heterocycles. The second kappa shape index (κ2) is 10.3. The van der Waals surface area contributed by atoms with Crippen LogP contribution < -0.4 is 27.5 Å². The number of nitrogens with two attached hydrogens (primary N) is 4. The molecule has 0 aliphatic carbocycles. The molecule has 9 nitrogen and oxygen atoms in total. The molecule has 2 rings (SSSR count). The standard InChI is InChI=1S/C19H30N6O3/c20-8-3-1-5-14(22)18(27)24-10-7-16-17(24)11-13(26)12-25(16)19(28)15(23)6-2-4-9-21/h7,10-12,14-15H,1-6,8-9,20-23H2/p+1. The first-order valence-corrected chi connectivity index (χ1v) is 9.66. The summed E-state index contributed by atoms with van der Waals surface area (Å²) < 4.78 is 2.66. The van der Waals surface area contributed by atoms with Gasteiger partial charge in [0, 0.05) is 18.3 Å². The molecule has 9 heteroatoms. The van der Waals surface area contributed by atoms with E-state index in [1.165, 1.54) is 21.4 Å². The van der Waals surface area contributed by atoms with Crippen molar-refractivity contribution in [1.29, 1.82) is 0 Å². The van der Waals surface area contributed by atoms with Gasteiger partial charge in [-0.05, 0) is 45.2 Å². The van der Waals surface area contributed by atoms with E-state index in [-0.39, 0.29) is 17.6 Å². The highest BCUT2D eigenvalue weighted by Crippen LogP contribution is 2.19. The Labute approximate surface area is 164 Å². The van der Waals surface area contributed by atoms with E-state index < -0.39 is 12.1 Å². The van der Waals surface area contributed by atoms with Crippen molar-refractivity contribution in [3.63, 3.8) is 0 Å². The predicted octanol–water partition coefficient (Wildman–Crippen LogP) is -0.173. The Morgan fingerprint density at radius 1 is 1.04 bits per heavy atom. The first-order valence-electron chi connectivity index (χ1n) is 9.66. The van der Waals surface area contributed by atoms with Gasteiger partial charge in [-0.25, -0.2) is 4.79 Å². The maximum Gasteiger partial charge on any atom is 0.409 e. The zero-order valence-electron chi connectivity index (χ0n) is 16.1. The fourth-order valence-corrected chi connectivity index (χ4v) is 3.16. The number of pyridine rings is 1. The van der Waals surface area contributed by atoms with Crippen LogP contribution in [0.5, 0.6) is 5.75 Å². The molecule has 0 bridgehead atoms. The van der Waals surface area contributed by atoms with Gasteiger partial charge >= 0.3 is 5.91 Å². The number of fused-ring (bicyclic) bond motifs is 1. The van der Waals surface area contributed by atoms with Crippen molar-refractivity contribution in [1.82, 2.24) is 4.57 Å². The number of unbranched alkanes of at least 4 members (excludes halogenated alkanes) is 2. The number of hydrogen-bond acceptors (Lipinski definition) is 7. The van der Waals surface area contributed by atoms with Crippen molar-refractivity contribution in [2.24, 2.45) is 22.9 Å². The Hall–Kier alpha value is -2.33. The van der Waals surface area contributed by atoms with Gasteiger partial charge in [-0.1, -0.05) is 6.42 Å². The van der Waals surface area contributed by atoms with E-state index in [1.54, 1.807) is 12.3 Å². The van der Waals surface area contributed by atoms with Gasteiger partial charge in [-0.15, -0.1) is 4.57 Å². The van der Waals surface area contributed by atoms with Crippen LogP contribution in [0.2, 0.25) is 0 Å². The molecule has 0 radical (unpaired) electrons. The lowest BCUT2D eigenvalue weighted by Crippen LogP contribution is -2.52. The Morgan fingerprint density at radius 2 is 1.64 bits per heavy atom. The summed E-state index contributed by atoms with van der Waals surface area (Å²) in [6, 6.07) is 1.67. The third kappa shape index (κ3) is 5.14. The van der Waals surface area contributed by atoms with E-state index in [2.05, 4.69) is 0 Å². The molecule has 0 amide bonds. The predicted molar refractivity (Wildman–Crippen MR) is 107 cm³/mol. The molecule has 154 valence electrons. The van der Waals surface area contributed by atoms with Gasteiger partial charge in [-0.2, -0.15) is 0 Å². The second-order valence-corrected chi connectivity index (χ2v) is 6.98. The molecular weight excluding hydrogens is 360 g/mol.